The van der Waals surface area contributed by atoms with Crippen LogP contribution in [-0.2, 0) is 9.59 Å². The molecule has 34 heavy (non-hydrogen) atoms. The summed E-state index contributed by atoms with van der Waals surface area (Å²) >= 11 is 0. The number of nitrogens with one attached hydrogen (secondary N) is 2. The Balaban J connectivity index is 2.15. The van der Waals surface area contributed by atoms with Crippen LogP contribution in [0.15, 0.2) is 48.5 Å². The second kappa shape index (κ2) is 13.3. The summed E-state index contributed by atoms with van der Waals surface area (Å²) in [6.45, 7) is 10.1. The fraction of sp³-hybridized carbons (Fsp3) is 0.385. The summed E-state index contributed by atoms with van der Waals surface area (Å²) in [6, 6.07) is 13.3. The number of rotatable bonds is 12. The number of carbonyl (C=O) groups excluding carboxylic acids is 4. The monoisotopic (exact) mass is 466 g/mol. The van der Waals surface area contributed by atoms with Crippen LogP contribution in [0.3, 0.4) is 0 Å². The molecule has 0 aromatic heterocycles. The summed E-state index contributed by atoms with van der Waals surface area (Å²) in [4.78, 5) is 52.5. The molecule has 0 radical (unpaired) electrons. The standard InChI is InChI=1S/C26H34N4O4/c1-5-29(6-2)16-7-17-30(26(34)22-10-14-24(15-11-22)28-20(4)32)18-25(33)21-8-12-23(13-9-21)27-19(3)31/h8-15H,5-7,16-18H2,1-4H3,(H,27,31)(H,28,32). The number of hydrogen-bond acceptors (Lipinski definition) is 5. The molecule has 0 saturated carbocycles. The average molecular weight is 467 g/mol. The zero-order valence-electron chi connectivity index (χ0n) is 20.4. The number of amides is 3. The summed E-state index contributed by atoms with van der Waals surface area (Å²) in [7, 11) is 0. The Morgan fingerprint density at radius 1 is 0.706 bits per heavy atom. The molecule has 8 nitrogen and oxygen atoms in total. The predicted octanol–water partition coefficient (Wildman–Crippen LogP) is 3.66. The molecule has 0 atom stereocenters. The predicted molar refractivity (Wildman–Crippen MR) is 134 cm³/mol. The lowest BCUT2D eigenvalue weighted by Gasteiger charge is -2.24. The number of nitrogens with zero attached hydrogens (tertiary/aromatic N) is 2. The van der Waals surface area contributed by atoms with Gasteiger partial charge in [-0.05, 0) is 74.6 Å². The van der Waals surface area contributed by atoms with E-state index in [9.17, 15) is 19.2 Å². The molecular weight excluding hydrogens is 432 g/mol. The van der Waals surface area contributed by atoms with Crippen molar-refractivity contribution in [3.05, 3.63) is 59.7 Å². The van der Waals surface area contributed by atoms with Gasteiger partial charge in [-0.2, -0.15) is 0 Å². The average Bonchev–Trinajstić information content (AvgIpc) is 2.80. The van der Waals surface area contributed by atoms with E-state index >= 15 is 0 Å². The highest BCUT2D eigenvalue weighted by atomic mass is 16.2. The number of hydrogen-bond donors (Lipinski definition) is 2. The van der Waals surface area contributed by atoms with E-state index in [4.69, 9.17) is 0 Å². The maximum atomic E-state index is 13.3. The molecule has 2 aromatic rings. The second-order valence-electron chi connectivity index (χ2n) is 8.05. The Morgan fingerprint density at radius 2 is 1.18 bits per heavy atom. The maximum Gasteiger partial charge on any atom is 0.254 e. The first kappa shape index (κ1) is 26.7. The van der Waals surface area contributed by atoms with Crippen molar-refractivity contribution in [2.24, 2.45) is 0 Å². The molecule has 0 saturated heterocycles. The summed E-state index contributed by atoms with van der Waals surface area (Å²) in [5.74, 6) is -0.793. The lowest BCUT2D eigenvalue weighted by Crippen LogP contribution is -2.38. The lowest BCUT2D eigenvalue weighted by molar-refractivity contribution is -0.115. The van der Waals surface area contributed by atoms with Gasteiger partial charge in [-0.1, -0.05) is 13.8 Å². The van der Waals surface area contributed by atoms with Gasteiger partial charge in [0.25, 0.3) is 5.91 Å². The van der Waals surface area contributed by atoms with Crippen LogP contribution in [0, 0.1) is 0 Å². The number of carbonyl (C=O) groups is 4. The largest absolute Gasteiger partial charge is 0.331 e. The minimum Gasteiger partial charge on any atom is -0.331 e. The Labute approximate surface area is 201 Å². The summed E-state index contributed by atoms with van der Waals surface area (Å²) in [6.07, 6.45) is 0.742. The van der Waals surface area contributed by atoms with Crippen molar-refractivity contribution in [1.82, 2.24) is 9.80 Å². The SMILES string of the molecule is CCN(CC)CCCN(CC(=O)c1ccc(NC(C)=O)cc1)C(=O)c1ccc(NC(C)=O)cc1. The number of anilines is 2. The molecule has 2 aromatic carbocycles. The van der Waals surface area contributed by atoms with Gasteiger partial charge >= 0.3 is 0 Å². The number of Topliss-reactive ketones (excluding diaryl/α,β-unsaturated/α-hetero) is 1. The van der Waals surface area contributed by atoms with E-state index in [0.717, 1.165) is 26.1 Å². The van der Waals surface area contributed by atoms with Crippen LogP contribution in [-0.4, -0.2) is 66.0 Å². The molecule has 2 N–H and O–H groups in total. The third-order valence-electron chi connectivity index (χ3n) is 5.40. The van der Waals surface area contributed by atoms with E-state index in [-0.39, 0.29) is 30.0 Å². The zero-order chi connectivity index (χ0) is 25.1. The van der Waals surface area contributed by atoms with E-state index in [1.54, 1.807) is 53.4 Å². The molecule has 0 unspecified atom stereocenters. The van der Waals surface area contributed by atoms with E-state index in [0.29, 0.717) is 29.0 Å². The normalized spacial score (nSPS) is 10.6. The van der Waals surface area contributed by atoms with Gasteiger partial charge < -0.3 is 20.4 Å². The Morgan fingerprint density at radius 3 is 1.62 bits per heavy atom. The molecule has 0 fully saturated rings. The van der Waals surface area contributed by atoms with E-state index in [1.807, 2.05) is 0 Å². The number of benzene rings is 2. The molecule has 0 bridgehead atoms. The summed E-state index contributed by atoms with van der Waals surface area (Å²) in [5, 5.41) is 5.35. The van der Waals surface area contributed by atoms with Crippen LogP contribution < -0.4 is 10.6 Å². The first-order chi connectivity index (χ1) is 16.2. The molecule has 0 aliphatic carbocycles. The Hall–Kier alpha value is -3.52. The van der Waals surface area contributed by atoms with Crippen LogP contribution in [0.5, 0.6) is 0 Å². The van der Waals surface area contributed by atoms with Crippen molar-refractivity contribution < 1.29 is 19.2 Å². The van der Waals surface area contributed by atoms with Crippen LogP contribution in [0.1, 0.15) is 54.8 Å². The van der Waals surface area contributed by atoms with Crippen LogP contribution in [0.2, 0.25) is 0 Å². The molecule has 0 spiro atoms. The Kier molecular flexibility index (Phi) is 10.4. The Bertz CT molecular complexity index is 983. The van der Waals surface area contributed by atoms with Gasteiger partial charge in [-0.25, -0.2) is 0 Å². The number of ketones is 1. The lowest BCUT2D eigenvalue weighted by atomic mass is 10.1. The molecule has 0 aliphatic rings. The molecule has 3 amide bonds. The van der Waals surface area contributed by atoms with Gasteiger partial charge in [0.05, 0.1) is 6.54 Å². The van der Waals surface area contributed by atoms with Crippen LogP contribution in [0.4, 0.5) is 11.4 Å². The fourth-order valence-corrected chi connectivity index (χ4v) is 3.57. The van der Waals surface area contributed by atoms with Crippen molar-refractivity contribution in [2.45, 2.75) is 34.1 Å². The van der Waals surface area contributed by atoms with Gasteiger partial charge in [0.2, 0.25) is 11.8 Å². The topological polar surface area (TPSA) is 98.8 Å². The zero-order valence-corrected chi connectivity index (χ0v) is 20.4. The molecule has 0 aliphatic heterocycles. The third-order valence-corrected chi connectivity index (χ3v) is 5.40. The summed E-state index contributed by atoms with van der Waals surface area (Å²) < 4.78 is 0. The van der Waals surface area contributed by atoms with Crippen molar-refractivity contribution >= 4 is 34.9 Å². The highest BCUT2D eigenvalue weighted by Gasteiger charge is 2.20. The quantitative estimate of drug-likeness (QED) is 0.465. The molecule has 0 heterocycles. The van der Waals surface area contributed by atoms with Crippen molar-refractivity contribution in [3.8, 4) is 0 Å². The van der Waals surface area contributed by atoms with Crippen LogP contribution in [0.25, 0.3) is 0 Å². The van der Waals surface area contributed by atoms with Crippen molar-refractivity contribution in [2.75, 3.05) is 43.4 Å². The molecule has 2 rings (SSSR count). The highest BCUT2D eigenvalue weighted by molar-refractivity contribution is 6.02. The van der Waals surface area contributed by atoms with Crippen LogP contribution >= 0.6 is 0 Å². The van der Waals surface area contributed by atoms with Crippen molar-refractivity contribution in [3.63, 3.8) is 0 Å². The second-order valence-corrected chi connectivity index (χ2v) is 8.05. The smallest absolute Gasteiger partial charge is 0.254 e. The first-order valence-corrected chi connectivity index (χ1v) is 11.5. The first-order valence-electron chi connectivity index (χ1n) is 11.5. The molecule has 8 heteroatoms. The van der Waals surface area contributed by atoms with Crippen molar-refractivity contribution in [1.29, 1.82) is 0 Å². The van der Waals surface area contributed by atoms with Gasteiger partial charge in [-0.3, -0.25) is 19.2 Å². The van der Waals surface area contributed by atoms with E-state index in [2.05, 4.69) is 29.4 Å². The molecular formula is C26H34N4O4. The molecule has 182 valence electrons. The maximum absolute atomic E-state index is 13.3. The van der Waals surface area contributed by atoms with Gasteiger partial charge in [-0.15, -0.1) is 0 Å². The highest BCUT2D eigenvalue weighted by Crippen LogP contribution is 2.15. The fourth-order valence-electron chi connectivity index (χ4n) is 3.57. The van der Waals surface area contributed by atoms with Gasteiger partial charge in [0, 0.05) is 42.9 Å². The summed E-state index contributed by atoms with van der Waals surface area (Å²) in [5.41, 5.74) is 2.13. The van der Waals surface area contributed by atoms with Gasteiger partial charge in [0.1, 0.15) is 0 Å². The van der Waals surface area contributed by atoms with E-state index in [1.165, 1.54) is 13.8 Å². The van der Waals surface area contributed by atoms with E-state index < -0.39 is 0 Å². The minimum absolute atomic E-state index is 0.0516. The minimum atomic E-state index is -0.239. The van der Waals surface area contributed by atoms with Gasteiger partial charge in [0.15, 0.2) is 5.78 Å². The third kappa shape index (κ3) is 8.44.